The number of aliphatic carboxylic acids is 1. The number of nitro benzene ring substituents is 1. The summed E-state index contributed by atoms with van der Waals surface area (Å²) in [6.45, 7) is 7.35. The molecule has 1 aromatic carbocycles. The van der Waals surface area contributed by atoms with E-state index in [1.165, 1.54) is 18.2 Å². The Bertz CT molecular complexity index is 610. The monoisotopic (exact) mass is 322 g/mol. The van der Waals surface area contributed by atoms with Crippen molar-refractivity contribution in [3.8, 4) is 0 Å². The lowest BCUT2D eigenvalue weighted by atomic mass is 9.98. The van der Waals surface area contributed by atoms with Crippen LogP contribution in [0.15, 0.2) is 18.2 Å². The summed E-state index contributed by atoms with van der Waals surface area (Å²) in [5.74, 6) is -1.72. The van der Waals surface area contributed by atoms with E-state index in [1.807, 2.05) is 27.7 Å². The maximum atomic E-state index is 12.2. The van der Waals surface area contributed by atoms with E-state index in [-0.39, 0.29) is 29.5 Å². The highest BCUT2D eigenvalue weighted by molar-refractivity contribution is 5.97. The zero-order chi connectivity index (χ0) is 17.7. The largest absolute Gasteiger partial charge is 0.480 e. The highest BCUT2D eigenvalue weighted by Crippen LogP contribution is 2.27. The Hall–Kier alpha value is -2.44. The van der Waals surface area contributed by atoms with Gasteiger partial charge in [-0.2, -0.15) is 0 Å². The van der Waals surface area contributed by atoms with Crippen molar-refractivity contribution in [3.63, 3.8) is 0 Å². The second-order valence-corrected chi connectivity index (χ2v) is 6.18. The van der Waals surface area contributed by atoms with Crippen LogP contribution in [-0.4, -0.2) is 27.9 Å². The van der Waals surface area contributed by atoms with Crippen LogP contribution >= 0.6 is 0 Å². The maximum absolute atomic E-state index is 12.2. The SMILES string of the molecule is CC(C)C[C@H](NC(=O)c1ccc(C(C)C)c([N+](=O)[O-])c1)C(=O)O. The molecule has 0 aliphatic carbocycles. The number of carbonyl (C=O) groups excluding carboxylic acids is 1. The lowest BCUT2D eigenvalue weighted by Crippen LogP contribution is -2.41. The number of nitrogens with zero attached hydrogens (tertiary/aromatic N) is 1. The number of benzene rings is 1. The predicted molar refractivity (Wildman–Crippen MR) is 85.5 cm³/mol. The van der Waals surface area contributed by atoms with Gasteiger partial charge in [-0.15, -0.1) is 0 Å². The normalized spacial score (nSPS) is 12.3. The Kier molecular flexibility index (Phi) is 6.24. The molecule has 7 heteroatoms. The second kappa shape index (κ2) is 7.71. The van der Waals surface area contributed by atoms with E-state index in [0.717, 1.165) is 0 Å². The minimum atomic E-state index is -1.12. The number of nitrogens with one attached hydrogen (secondary N) is 1. The number of carbonyl (C=O) groups is 2. The predicted octanol–water partition coefficient (Wildman–Crippen LogP) is 2.95. The standard InChI is InChI=1S/C16H22N2O5/c1-9(2)7-13(16(20)21)17-15(19)11-5-6-12(10(3)4)14(8-11)18(22)23/h5-6,8-10,13H,7H2,1-4H3,(H,17,19)(H,20,21)/t13-/m0/s1. The molecule has 0 unspecified atom stereocenters. The third kappa shape index (κ3) is 5.05. The summed E-state index contributed by atoms with van der Waals surface area (Å²) in [5.41, 5.74) is 0.475. The van der Waals surface area contributed by atoms with Crippen LogP contribution in [0, 0.1) is 16.0 Å². The molecule has 1 atom stereocenters. The van der Waals surface area contributed by atoms with E-state index < -0.39 is 22.8 Å². The average Bonchev–Trinajstić information content (AvgIpc) is 2.44. The van der Waals surface area contributed by atoms with Gasteiger partial charge in [0, 0.05) is 17.2 Å². The number of hydrogen-bond donors (Lipinski definition) is 2. The molecule has 126 valence electrons. The van der Waals surface area contributed by atoms with E-state index in [9.17, 15) is 19.7 Å². The first-order valence-corrected chi connectivity index (χ1v) is 7.45. The molecule has 0 aromatic heterocycles. The van der Waals surface area contributed by atoms with Gasteiger partial charge < -0.3 is 10.4 Å². The molecule has 23 heavy (non-hydrogen) atoms. The number of amides is 1. The summed E-state index contributed by atoms with van der Waals surface area (Å²) in [5, 5.41) is 22.7. The van der Waals surface area contributed by atoms with Gasteiger partial charge >= 0.3 is 5.97 Å². The van der Waals surface area contributed by atoms with Crippen molar-refractivity contribution in [2.75, 3.05) is 0 Å². The molecule has 0 bridgehead atoms. The molecule has 0 aliphatic heterocycles. The third-order valence-corrected chi connectivity index (χ3v) is 3.42. The van der Waals surface area contributed by atoms with E-state index in [4.69, 9.17) is 5.11 Å². The molecule has 0 fully saturated rings. The molecule has 0 radical (unpaired) electrons. The maximum Gasteiger partial charge on any atom is 0.326 e. The molecule has 0 aliphatic rings. The van der Waals surface area contributed by atoms with Gasteiger partial charge in [0.1, 0.15) is 6.04 Å². The molecule has 0 saturated carbocycles. The Labute approximate surface area is 134 Å². The first kappa shape index (κ1) is 18.6. The van der Waals surface area contributed by atoms with Crippen LogP contribution in [0.1, 0.15) is 56.0 Å². The van der Waals surface area contributed by atoms with Crippen molar-refractivity contribution in [2.45, 2.75) is 46.1 Å². The van der Waals surface area contributed by atoms with Crippen molar-refractivity contribution in [3.05, 3.63) is 39.4 Å². The Morgan fingerprint density at radius 3 is 2.30 bits per heavy atom. The van der Waals surface area contributed by atoms with Gasteiger partial charge in [-0.25, -0.2) is 4.79 Å². The fourth-order valence-electron chi connectivity index (χ4n) is 2.27. The van der Waals surface area contributed by atoms with Gasteiger partial charge in [-0.05, 0) is 24.3 Å². The van der Waals surface area contributed by atoms with Gasteiger partial charge in [0.2, 0.25) is 0 Å². The van der Waals surface area contributed by atoms with Gasteiger partial charge in [-0.3, -0.25) is 14.9 Å². The van der Waals surface area contributed by atoms with E-state index in [1.54, 1.807) is 0 Å². The minimum absolute atomic E-state index is 0.0554. The fraction of sp³-hybridized carbons (Fsp3) is 0.500. The van der Waals surface area contributed by atoms with Crippen molar-refractivity contribution in [2.24, 2.45) is 5.92 Å². The van der Waals surface area contributed by atoms with Crippen LogP contribution in [0.4, 0.5) is 5.69 Å². The van der Waals surface area contributed by atoms with Gasteiger partial charge in [-0.1, -0.05) is 33.8 Å². The Morgan fingerprint density at radius 1 is 1.26 bits per heavy atom. The number of hydrogen-bond acceptors (Lipinski definition) is 4. The molecule has 0 heterocycles. The summed E-state index contributed by atoms with van der Waals surface area (Å²) in [7, 11) is 0. The summed E-state index contributed by atoms with van der Waals surface area (Å²) in [6, 6.07) is 3.19. The first-order valence-electron chi connectivity index (χ1n) is 7.45. The topological polar surface area (TPSA) is 110 Å². The lowest BCUT2D eigenvalue weighted by molar-refractivity contribution is -0.385. The van der Waals surface area contributed by atoms with Crippen LogP contribution in [0.5, 0.6) is 0 Å². The quantitative estimate of drug-likeness (QED) is 0.592. The van der Waals surface area contributed by atoms with Crippen LogP contribution < -0.4 is 5.32 Å². The van der Waals surface area contributed by atoms with Gasteiger partial charge in [0.05, 0.1) is 4.92 Å². The lowest BCUT2D eigenvalue weighted by Gasteiger charge is -2.16. The molecule has 0 spiro atoms. The van der Waals surface area contributed by atoms with E-state index >= 15 is 0 Å². The highest BCUT2D eigenvalue weighted by Gasteiger charge is 2.24. The van der Waals surface area contributed by atoms with Crippen LogP contribution in [0.2, 0.25) is 0 Å². The van der Waals surface area contributed by atoms with E-state index in [0.29, 0.717) is 5.56 Å². The average molecular weight is 322 g/mol. The summed E-state index contributed by atoms with van der Waals surface area (Å²) >= 11 is 0. The minimum Gasteiger partial charge on any atom is -0.480 e. The summed E-state index contributed by atoms with van der Waals surface area (Å²) in [6.07, 6.45) is 0.285. The van der Waals surface area contributed by atoms with Crippen molar-refractivity contribution < 1.29 is 19.6 Å². The fourth-order valence-corrected chi connectivity index (χ4v) is 2.27. The molecule has 7 nitrogen and oxygen atoms in total. The zero-order valence-corrected chi connectivity index (χ0v) is 13.7. The zero-order valence-electron chi connectivity index (χ0n) is 13.7. The number of carboxylic acids is 1. The molecule has 0 saturated heterocycles. The Balaban J connectivity index is 3.06. The number of carboxylic acid groups (broad SMARTS) is 1. The number of nitro groups is 1. The first-order chi connectivity index (χ1) is 10.6. The summed E-state index contributed by atoms with van der Waals surface area (Å²) in [4.78, 5) is 34.0. The van der Waals surface area contributed by atoms with Crippen molar-refractivity contribution >= 4 is 17.6 Å². The third-order valence-electron chi connectivity index (χ3n) is 3.42. The van der Waals surface area contributed by atoms with Crippen molar-refractivity contribution in [1.82, 2.24) is 5.32 Å². The molecular formula is C16H22N2O5. The van der Waals surface area contributed by atoms with Crippen molar-refractivity contribution in [1.29, 1.82) is 0 Å². The molecule has 1 aromatic rings. The summed E-state index contributed by atoms with van der Waals surface area (Å²) < 4.78 is 0. The highest BCUT2D eigenvalue weighted by atomic mass is 16.6. The molecule has 1 rings (SSSR count). The van der Waals surface area contributed by atoms with Crippen LogP contribution in [0.25, 0.3) is 0 Å². The van der Waals surface area contributed by atoms with Gasteiger partial charge in [0.25, 0.3) is 11.6 Å². The second-order valence-electron chi connectivity index (χ2n) is 6.18. The van der Waals surface area contributed by atoms with E-state index in [2.05, 4.69) is 5.32 Å². The molecule has 1 amide bonds. The van der Waals surface area contributed by atoms with Crippen LogP contribution in [-0.2, 0) is 4.79 Å². The smallest absolute Gasteiger partial charge is 0.326 e. The molecule has 2 N–H and O–H groups in total. The van der Waals surface area contributed by atoms with Crippen LogP contribution in [0.3, 0.4) is 0 Å². The number of rotatable bonds is 7. The molecular weight excluding hydrogens is 300 g/mol. The van der Waals surface area contributed by atoms with Gasteiger partial charge in [0.15, 0.2) is 0 Å². The Morgan fingerprint density at radius 2 is 1.87 bits per heavy atom.